The molecule has 8 nitrogen and oxygen atoms in total. The summed E-state index contributed by atoms with van der Waals surface area (Å²) in [5.74, 6) is 0.316. The fourth-order valence-corrected chi connectivity index (χ4v) is 2.44. The summed E-state index contributed by atoms with van der Waals surface area (Å²) in [5, 5.41) is 9.89. The smallest absolute Gasteiger partial charge is 0.337 e. The minimum Gasteiger partial charge on any atom is -0.489 e. The Hall–Kier alpha value is -3.65. The Balaban J connectivity index is 1.54. The van der Waals surface area contributed by atoms with E-state index in [-0.39, 0.29) is 11.0 Å². The van der Waals surface area contributed by atoms with E-state index in [0.717, 1.165) is 11.1 Å². The Morgan fingerprint density at radius 2 is 1.93 bits per heavy atom. The highest BCUT2D eigenvalue weighted by atomic mass is 35.5. The molecule has 0 aliphatic rings. The number of aromatic amines is 1. The number of aromatic nitrogens is 2. The summed E-state index contributed by atoms with van der Waals surface area (Å²) in [6.07, 6.45) is 2.95. The topological polar surface area (TPSA) is 106 Å². The van der Waals surface area contributed by atoms with E-state index in [4.69, 9.17) is 16.3 Å². The van der Waals surface area contributed by atoms with Crippen LogP contribution >= 0.6 is 11.6 Å². The third kappa shape index (κ3) is 5.43. The number of anilines is 1. The molecule has 0 aliphatic carbocycles. The Morgan fingerprint density at radius 3 is 2.62 bits per heavy atom. The molecule has 3 aromatic rings. The first-order valence-electron chi connectivity index (χ1n) is 8.49. The minimum absolute atomic E-state index is 0.0134. The molecule has 148 valence electrons. The van der Waals surface area contributed by atoms with Crippen molar-refractivity contribution in [3.63, 3.8) is 0 Å². The fourth-order valence-electron chi connectivity index (χ4n) is 2.31. The van der Waals surface area contributed by atoms with Gasteiger partial charge in [0.05, 0.1) is 25.1 Å². The number of esters is 1. The molecular weight excluding hydrogens is 396 g/mol. The molecule has 3 rings (SSSR count). The van der Waals surface area contributed by atoms with Gasteiger partial charge in [0.2, 0.25) is 0 Å². The predicted octanol–water partition coefficient (Wildman–Crippen LogP) is 3.23. The van der Waals surface area contributed by atoms with Gasteiger partial charge in [0, 0.05) is 0 Å². The van der Waals surface area contributed by atoms with E-state index in [1.165, 1.54) is 13.3 Å². The van der Waals surface area contributed by atoms with Crippen LogP contribution in [0.4, 0.5) is 5.69 Å². The van der Waals surface area contributed by atoms with Crippen LogP contribution < -0.4 is 15.7 Å². The molecule has 0 amide bonds. The molecule has 9 heteroatoms. The van der Waals surface area contributed by atoms with Crippen molar-refractivity contribution in [2.24, 2.45) is 5.10 Å². The van der Waals surface area contributed by atoms with Gasteiger partial charge < -0.3 is 9.47 Å². The van der Waals surface area contributed by atoms with Gasteiger partial charge in [-0.05, 0) is 47.5 Å². The average molecular weight is 413 g/mol. The van der Waals surface area contributed by atoms with Crippen LogP contribution in [0.3, 0.4) is 0 Å². The van der Waals surface area contributed by atoms with Crippen molar-refractivity contribution in [3.05, 3.63) is 86.8 Å². The van der Waals surface area contributed by atoms with E-state index < -0.39 is 5.56 Å². The second-order valence-electron chi connectivity index (χ2n) is 5.84. The number of rotatable bonds is 7. The van der Waals surface area contributed by atoms with Gasteiger partial charge in [0.15, 0.2) is 0 Å². The van der Waals surface area contributed by atoms with Gasteiger partial charge in [-0.3, -0.25) is 10.2 Å². The van der Waals surface area contributed by atoms with Crippen molar-refractivity contribution in [3.8, 4) is 5.75 Å². The molecule has 0 fully saturated rings. The largest absolute Gasteiger partial charge is 0.489 e. The summed E-state index contributed by atoms with van der Waals surface area (Å²) < 4.78 is 10.4. The van der Waals surface area contributed by atoms with Gasteiger partial charge in [-0.1, -0.05) is 23.7 Å². The Labute approximate surface area is 171 Å². The molecule has 1 aromatic heterocycles. The summed E-state index contributed by atoms with van der Waals surface area (Å²) in [7, 11) is 1.35. The van der Waals surface area contributed by atoms with Gasteiger partial charge >= 0.3 is 5.97 Å². The molecule has 0 spiro atoms. The SMILES string of the molecule is COC(=O)c1ccc(COc2ccc(/C=N\Nc3cn[nH]c(=O)c3Cl)cc2)cc1. The number of nitrogens with zero attached hydrogens (tertiary/aromatic N) is 2. The lowest BCUT2D eigenvalue weighted by molar-refractivity contribution is 0.0600. The number of methoxy groups -OCH3 is 1. The van der Waals surface area contributed by atoms with Crippen molar-refractivity contribution in [2.75, 3.05) is 12.5 Å². The first kappa shape index (κ1) is 20.1. The third-order valence-corrected chi connectivity index (χ3v) is 4.23. The average Bonchev–Trinajstić information content (AvgIpc) is 2.76. The van der Waals surface area contributed by atoms with Gasteiger partial charge in [-0.15, -0.1) is 0 Å². The molecule has 0 aliphatic heterocycles. The van der Waals surface area contributed by atoms with Crippen LogP contribution in [0.5, 0.6) is 5.75 Å². The fraction of sp³-hybridized carbons (Fsp3) is 0.100. The molecule has 1 heterocycles. The van der Waals surface area contributed by atoms with E-state index >= 15 is 0 Å². The summed E-state index contributed by atoms with van der Waals surface area (Å²) in [6, 6.07) is 14.3. The Bertz CT molecular complexity index is 1060. The molecule has 0 bridgehead atoms. The molecule has 0 saturated heterocycles. The lowest BCUT2D eigenvalue weighted by atomic mass is 10.1. The minimum atomic E-state index is -0.492. The summed E-state index contributed by atoms with van der Waals surface area (Å²) in [4.78, 5) is 22.8. The number of H-pyrrole nitrogens is 1. The van der Waals surface area contributed by atoms with Crippen molar-refractivity contribution in [1.29, 1.82) is 0 Å². The highest BCUT2D eigenvalue weighted by Crippen LogP contribution is 2.16. The summed E-state index contributed by atoms with van der Waals surface area (Å²) >= 11 is 5.85. The maximum atomic E-state index is 11.4. The van der Waals surface area contributed by atoms with E-state index in [9.17, 15) is 9.59 Å². The number of hydrazone groups is 1. The number of hydrogen-bond acceptors (Lipinski definition) is 7. The summed E-state index contributed by atoms with van der Waals surface area (Å²) in [6.45, 7) is 0.366. The molecule has 2 aromatic carbocycles. The second kappa shape index (κ2) is 9.52. The van der Waals surface area contributed by atoms with Gasteiger partial charge in [0.1, 0.15) is 23.1 Å². The lowest BCUT2D eigenvalue weighted by Crippen LogP contribution is -2.10. The van der Waals surface area contributed by atoms with E-state index in [2.05, 4.69) is 25.5 Å². The monoisotopic (exact) mass is 412 g/mol. The number of hydrogen-bond donors (Lipinski definition) is 2. The molecular formula is C20H17ClN4O4. The Kier molecular flexibility index (Phi) is 6.59. The molecule has 0 atom stereocenters. The first-order valence-corrected chi connectivity index (χ1v) is 8.87. The highest BCUT2D eigenvalue weighted by Gasteiger charge is 2.05. The van der Waals surface area contributed by atoms with E-state index in [0.29, 0.717) is 23.6 Å². The van der Waals surface area contributed by atoms with Crippen LogP contribution in [0, 0.1) is 0 Å². The van der Waals surface area contributed by atoms with Crippen LogP contribution in [-0.4, -0.2) is 29.5 Å². The zero-order valence-corrected chi connectivity index (χ0v) is 16.1. The van der Waals surface area contributed by atoms with Crippen LogP contribution in [-0.2, 0) is 11.3 Å². The molecule has 0 radical (unpaired) electrons. The predicted molar refractivity (Wildman–Crippen MR) is 110 cm³/mol. The standard InChI is InChI=1S/C20H17ClN4O4/c1-28-20(27)15-6-2-14(3-7-15)12-29-16-8-4-13(5-9-16)10-22-24-17-11-23-25-19(26)18(17)21/h2-11H,12H2,1H3,(H2,24,25,26)/b22-10-. The number of carbonyl (C=O) groups is 1. The second-order valence-corrected chi connectivity index (χ2v) is 6.22. The maximum absolute atomic E-state index is 11.4. The normalized spacial score (nSPS) is 10.7. The van der Waals surface area contributed by atoms with Crippen LogP contribution in [0.25, 0.3) is 0 Å². The number of benzene rings is 2. The number of halogens is 1. The number of ether oxygens (including phenoxy) is 2. The maximum Gasteiger partial charge on any atom is 0.337 e. The molecule has 0 unspecified atom stereocenters. The van der Waals surface area contributed by atoms with Gasteiger partial charge in [-0.2, -0.15) is 10.2 Å². The molecule has 2 N–H and O–H groups in total. The number of carbonyl (C=O) groups excluding carboxylic acids is 1. The first-order chi connectivity index (χ1) is 14.1. The zero-order valence-electron chi connectivity index (χ0n) is 15.4. The van der Waals surface area contributed by atoms with Gasteiger partial charge in [0.25, 0.3) is 5.56 Å². The van der Waals surface area contributed by atoms with Crippen LogP contribution in [0.2, 0.25) is 5.02 Å². The van der Waals surface area contributed by atoms with E-state index in [1.807, 2.05) is 36.4 Å². The number of nitrogens with one attached hydrogen (secondary N) is 2. The van der Waals surface area contributed by atoms with Crippen molar-refractivity contribution < 1.29 is 14.3 Å². The van der Waals surface area contributed by atoms with Crippen molar-refractivity contribution >= 4 is 29.5 Å². The van der Waals surface area contributed by atoms with Crippen molar-refractivity contribution in [1.82, 2.24) is 10.2 Å². The highest BCUT2D eigenvalue weighted by molar-refractivity contribution is 6.32. The van der Waals surface area contributed by atoms with Crippen LogP contribution in [0.1, 0.15) is 21.5 Å². The van der Waals surface area contributed by atoms with Crippen molar-refractivity contribution in [2.45, 2.75) is 6.61 Å². The molecule has 29 heavy (non-hydrogen) atoms. The van der Waals surface area contributed by atoms with E-state index in [1.54, 1.807) is 18.3 Å². The zero-order chi connectivity index (χ0) is 20.6. The quantitative estimate of drug-likeness (QED) is 0.350. The van der Waals surface area contributed by atoms with Gasteiger partial charge in [-0.25, -0.2) is 9.89 Å². The Morgan fingerprint density at radius 1 is 1.21 bits per heavy atom. The molecule has 0 saturated carbocycles. The lowest BCUT2D eigenvalue weighted by Gasteiger charge is -2.07. The summed E-state index contributed by atoms with van der Waals surface area (Å²) in [5.41, 5.74) is 4.73. The third-order valence-electron chi connectivity index (χ3n) is 3.85. The van der Waals surface area contributed by atoms with Crippen LogP contribution in [0.15, 0.2) is 64.6 Å².